The van der Waals surface area contributed by atoms with Crippen LogP contribution in [0.3, 0.4) is 0 Å². The molecule has 1 N–H and O–H groups in total. The van der Waals surface area contributed by atoms with Gasteiger partial charge in [0.15, 0.2) is 0 Å². The lowest BCUT2D eigenvalue weighted by Crippen LogP contribution is -2.06. The van der Waals surface area contributed by atoms with Gasteiger partial charge in [0.1, 0.15) is 5.69 Å². The predicted molar refractivity (Wildman–Crippen MR) is 82.2 cm³/mol. The van der Waals surface area contributed by atoms with E-state index < -0.39 is 4.92 Å². The maximum atomic E-state index is 11.0. The minimum Gasteiger partial charge on any atom is -0.372 e. The van der Waals surface area contributed by atoms with Crippen LogP contribution >= 0.6 is 38.9 Å². The Morgan fingerprint density at radius 1 is 1.47 bits per heavy atom. The maximum absolute atomic E-state index is 11.0. The fraction of sp³-hybridized carbons (Fsp3) is 0.167. The summed E-state index contributed by atoms with van der Waals surface area (Å²) in [5.74, 6) is 0. The number of hydrogen-bond acceptors (Lipinski definition) is 4. The molecule has 0 saturated heterocycles. The van der Waals surface area contributed by atoms with Crippen LogP contribution in [0.5, 0.6) is 0 Å². The van der Waals surface area contributed by atoms with Crippen LogP contribution in [0.1, 0.15) is 17.8 Å². The third-order valence-electron chi connectivity index (χ3n) is 2.54. The van der Waals surface area contributed by atoms with Crippen molar-refractivity contribution in [2.75, 3.05) is 5.32 Å². The molecule has 1 heterocycles. The monoisotopic (exact) mass is 360 g/mol. The summed E-state index contributed by atoms with van der Waals surface area (Å²) >= 11 is 10.8. The highest BCUT2D eigenvalue weighted by Crippen LogP contribution is 2.33. The second-order valence-corrected chi connectivity index (χ2v) is 6.25. The summed E-state index contributed by atoms with van der Waals surface area (Å²) in [6.07, 6.45) is 0. The van der Waals surface area contributed by atoms with Crippen LogP contribution in [0, 0.1) is 10.1 Å². The standard InChI is InChI=1S/C12H10BrClN2O2S/c1-7(12-4-8(13)6-19-12)15-10-3-2-9(14)5-11(10)16(17)18/h2-7,15H,1H3. The lowest BCUT2D eigenvalue weighted by atomic mass is 10.2. The number of benzene rings is 1. The van der Waals surface area contributed by atoms with Crippen LogP contribution in [0.4, 0.5) is 11.4 Å². The molecule has 0 aliphatic heterocycles. The highest BCUT2D eigenvalue weighted by Gasteiger charge is 2.17. The second-order valence-electron chi connectivity index (χ2n) is 3.95. The molecule has 0 amide bonds. The number of rotatable bonds is 4. The summed E-state index contributed by atoms with van der Waals surface area (Å²) in [6, 6.07) is 6.58. The quantitative estimate of drug-likeness (QED) is 0.598. The van der Waals surface area contributed by atoms with Gasteiger partial charge in [0.25, 0.3) is 5.69 Å². The molecule has 0 aliphatic carbocycles. The first-order chi connectivity index (χ1) is 8.97. The van der Waals surface area contributed by atoms with Gasteiger partial charge in [-0.3, -0.25) is 10.1 Å². The Bertz CT molecular complexity index is 618. The highest BCUT2D eigenvalue weighted by molar-refractivity contribution is 9.10. The molecule has 0 saturated carbocycles. The molecule has 2 aromatic rings. The Morgan fingerprint density at radius 3 is 2.79 bits per heavy atom. The molecular weight excluding hydrogens is 352 g/mol. The number of nitrogens with zero attached hydrogens (tertiary/aromatic N) is 1. The second kappa shape index (κ2) is 5.90. The molecule has 19 heavy (non-hydrogen) atoms. The molecule has 1 atom stereocenters. The number of thiophene rings is 1. The third kappa shape index (κ3) is 3.46. The topological polar surface area (TPSA) is 55.2 Å². The maximum Gasteiger partial charge on any atom is 0.293 e. The van der Waals surface area contributed by atoms with Crippen molar-refractivity contribution in [2.24, 2.45) is 0 Å². The van der Waals surface area contributed by atoms with Gasteiger partial charge in [0.2, 0.25) is 0 Å². The van der Waals surface area contributed by atoms with Crippen molar-refractivity contribution in [3.05, 3.63) is 54.1 Å². The van der Waals surface area contributed by atoms with E-state index in [0.717, 1.165) is 9.35 Å². The zero-order valence-corrected chi connectivity index (χ0v) is 13.1. The summed E-state index contributed by atoms with van der Waals surface area (Å²) < 4.78 is 1.01. The number of anilines is 1. The van der Waals surface area contributed by atoms with Crippen LogP contribution in [-0.4, -0.2) is 4.92 Å². The number of nitro benzene ring substituents is 1. The molecule has 1 unspecified atom stereocenters. The van der Waals surface area contributed by atoms with Crippen LogP contribution in [0.15, 0.2) is 34.1 Å². The van der Waals surface area contributed by atoms with E-state index >= 15 is 0 Å². The fourth-order valence-electron chi connectivity index (χ4n) is 1.64. The molecule has 0 spiro atoms. The zero-order valence-electron chi connectivity index (χ0n) is 9.89. The Kier molecular flexibility index (Phi) is 4.44. The first kappa shape index (κ1) is 14.3. The number of halogens is 2. The van der Waals surface area contributed by atoms with Crippen molar-refractivity contribution in [1.29, 1.82) is 0 Å². The van der Waals surface area contributed by atoms with E-state index in [0.29, 0.717) is 10.7 Å². The van der Waals surface area contributed by atoms with E-state index in [1.54, 1.807) is 23.5 Å². The molecule has 0 radical (unpaired) electrons. The van der Waals surface area contributed by atoms with Gasteiger partial charge in [0.05, 0.1) is 11.0 Å². The summed E-state index contributed by atoms with van der Waals surface area (Å²) in [6.45, 7) is 1.95. The molecule has 0 aliphatic rings. The van der Waals surface area contributed by atoms with Crippen LogP contribution in [0.25, 0.3) is 0 Å². The first-order valence-corrected chi connectivity index (χ1v) is 7.47. The van der Waals surface area contributed by atoms with Crippen molar-refractivity contribution in [1.82, 2.24) is 0 Å². The van der Waals surface area contributed by atoms with Crippen molar-refractivity contribution in [2.45, 2.75) is 13.0 Å². The average molecular weight is 362 g/mol. The summed E-state index contributed by atoms with van der Waals surface area (Å²) in [5, 5.41) is 16.5. The van der Waals surface area contributed by atoms with E-state index in [1.165, 1.54) is 6.07 Å². The molecule has 0 fully saturated rings. The fourth-order valence-corrected chi connectivity index (χ4v) is 3.26. The largest absolute Gasteiger partial charge is 0.372 e. The Morgan fingerprint density at radius 2 is 2.21 bits per heavy atom. The predicted octanol–water partition coefficient (Wildman–Crippen LogP) is 5.25. The van der Waals surface area contributed by atoms with E-state index in [1.807, 2.05) is 18.4 Å². The van der Waals surface area contributed by atoms with Crippen LogP contribution in [0.2, 0.25) is 5.02 Å². The minimum absolute atomic E-state index is 0.0174. The number of nitrogens with one attached hydrogen (secondary N) is 1. The van der Waals surface area contributed by atoms with Crippen LogP contribution < -0.4 is 5.32 Å². The molecule has 1 aromatic carbocycles. The Labute approximate surface area is 127 Å². The highest BCUT2D eigenvalue weighted by atomic mass is 79.9. The van der Waals surface area contributed by atoms with Crippen molar-refractivity contribution >= 4 is 50.2 Å². The molecule has 0 bridgehead atoms. The Hall–Kier alpha value is -1.11. The van der Waals surface area contributed by atoms with Gasteiger partial charge in [-0.2, -0.15) is 0 Å². The zero-order chi connectivity index (χ0) is 14.0. The third-order valence-corrected chi connectivity index (χ3v) is 4.65. The number of hydrogen-bond donors (Lipinski definition) is 1. The minimum atomic E-state index is -0.439. The molecule has 4 nitrogen and oxygen atoms in total. The van der Waals surface area contributed by atoms with Crippen molar-refractivity contribution < 1.29 is 4.92 Å². The summed E-state index contributed by atoms with van der Waals surface area (Å²) in [7, 11) is 0. The lowest BCUT2D eigenvalue weighted by Gasteiger charge is -2.13. The van der Waals surface area contributed by atoms with Crippen molar-refractivity contribution in [3.63, 3.8) is 0 Å². The van der Waals surface area contributed by atoms with Crippen LogP contribution in [-0.2, 0) is 0 Å². The molecular formula is C12H10BrClN2O2S. The van der Waals surface area contributed by atoms with Gasteiger partial charge in [-0.25, -0.2) is 0 Å². The van der Waals surface area contributed by atoms with E-state index in [2.05, 4.69) is 21.2 Å². The SMILES string of the molecule is CC(Nc1ccc(Cl)cc1[N+](=O)[O-])c1cc(Br)cs1. The average Bonchev–Trinajstić information content (AvgIpc) is 2.78. The van der Waals surface area contributed by atoms with E-state index in [-0.39, 0.29) is 11.7 Å². The molecule has 100 valence electrons. The van der Waals surface area contributed by atoms with Crippen molar-refractivity contribution in [3.8, 4) is 0 Å². The lowest BCUT2D eigenvalue weighted by molar-refractivity contribution is -0.384. The van der Waals surface area contributed by atoms with Gasteiger partial charge in [-0.15, -0.1) is 11.3 Å². The van der Waals surface area contributed by atoms with Gasteiger partial charge in [0, 0.05) is 25.8 Å². The smallest absolute Gasteiger partial charge is 0.293 e. The van der Waals surface area contributed by atoms with Gasteiger partial charge in [-0.05, 0) is 41.1 Å². The molecule has 1 aromatic heterocycles. The van der Waals surface area contributed by atoms with E-state index in [4.69, 9.17) is 11.6 Å². The molecule has 7 heteroatoms. The Balaban J connectivity index is 2.26. The first-order valence-electron chi connectivity index (χ1n) is 5.42. The normalized spacial score (nSPS) is 12.2. The summed E-state index contributed by atoms with van der Waals surface area (Å²) in [5.41, 5.74) is 0.446. The van der Waals surface area contributed by atoms with E-state index in [9.17, 15) is 10.1 Å². The van der Waals surface area contributed by atoms with Gasteiger partial charge >= 0.3 is 0 Å². The summed E-state index contributed by atoms with van der Waals surface area (Å²) in [4.78, 5) is 11.7. The molecule has 2 rings (SSSR count). The number of nitro groups is 1. The van der Waals surface area contributed by atoms with Gasteiger partial charge < -0.3 is 5.32 Å². The van der Waals surface area contributed by atoms with Gasteiger partial charge in [-0.1, -0.05) is 11.6 Å².